The molecule has 1 saturated carbocycles. The molecule has 158 valence electrons. The van der Waals surface area contributed by atoms with E-state index in [1.165, 1.54) is 51.5 Å². The third-order valence-electron chi connectivity index (χ3n) is 8.12. The van der Waals surface area contributed by atoms with Crippen LogP contribution in [0.3, 0.4) is 0 Å². The van der Waals surface area contributed by atoms with Crippen molar-refractivity contribution in [3.63, 3.8) is 0 Å². The molecule has 2 N–H and O–H groups in total. The fourth-order valence-corrected chi connectivity index (χ4v) is 6.99. The van der Waals surface area contributed by atoms with Crippen molar-refractivity contribution in [2.24, 2.45) is 23.5 Å². The maximum Gasteiger partial charge on any atom is 0.248 e. The summed E-state index contributed by atoms with van der Waals surface area (Å²) in [5.41, 5.74) is 6.99. The van der Waals surface area contributed by atoms with Gasteiger partial charge in [-0.2, -0.15) is 0 Å². The molecule has 1 aromatic carbocycles. The summed E-state index contributed by atoms with van der Waals surface area (Å²) in [7, 11) is 1.86. The Morgan fingerprint density at radius 2 is 1.86 bits per heavy atom. The van der Waals surface area contributed by atoms with Gasteiger partial charge in [-0.05, 0) is 62.1 Å². The van der Waals surface area contributed by atoms with Gasteiger partial charge in [0.05, 0.1) is 12.2 Å². The minimum Gasteiger partial charge on any atom is -0.375 e. The minimum atomic E-state index is -0.366. The number of carbonyl (C=O) groups is 1. The van der Waals surface area contributed by atoms with Crippen LogP contribution in [-0.2, 0) is 15.1 Å². The number of hydrogen-bond donors (Lipinski definition) is 1. The van der Waals surface area contributed by atoms with Crippen LogP contribution in [0.4, 0.5) is 0 Å². The van der Waals surface area contributed by atoms with Crippen LogP contribution in [-0.4, -0.2) is 49.8 Å². The van der Waals surface area contributed by atoms with E-state index in [2.05, 4.69) is 11.0 Å². The number of nitrogens with zero attached hydrogens (tertiary/aromatic N) is 1. The number of fused-ring (bicyclic) bond motifs is 4. The normalized spacial score (nSPS) is 39.4. The Morgan fingerprint density at radius 3 is 2.48 bits per heavy atom. The molecule has 3 unspecified atom stereocenters. The van der Waals surface area contributed by atoms with E-state index in [0.717, 1.165) is 24.6 Å². The van der Waals surface area contributed by atoms with Crippen molar-refractivity contribution in [1.29, 1.82) is 0 Å². The highest BCUT2D eigenvalue weighted by Crippen LogP contribution is 2.52. The maximum atomic E-state index is 11.8. The van der Waals surface area contributed by atoms with Crippen molar-refractivity contribution in [3.8, 4) is 0 Å². The molecule has 3 heterocycles. The first-order valence-electron chi connectivity index (χ1n) is 11.4. The molecule has 1 aromatic rings. The zero-order chi connectivity index (χ0) is 20.0. The summed E-state index contributed by atoms with van der Waals surface area (Å²) in [6.07, 6.45) is 9.64. The highest BCUT2D eigenvalue weighted by molar-refractivity contribution is 5.92. The molecule has 3 aliphatic heterocycles. The van der Waals surface area contributed by atoms with E-state index in [1.54, 1.807) is 6.07 Å². The number of hydrogen-bond acceptors (Lipinski definition) is 4. The van der Waals surface area contributed by atoms with Gasteiger partial charge in [0.15, 0.2) is 0 Å². The van der Waals surface area contributed by atoms with Crippen molar-refractivity contribution >= 4 is 5.91 Å². The average Bonchev–Trinajstić information content (AvgIpc) is 3.05. The Kier molecular flexibility index (Phi) is 5.17. The Bertz CT molecular complexity index is 740. The van der Waals surface area contributed by atoms with Crippen LogP contribution in [0.5, 0.6) is 0 Å². The van der Waals surface area contributed by atoms with Gasteiger partial charge >= 0.3 is 0 Å². The SMILES string of the molecule is COC1(c2cccc(C(N)=O)c2)C2CCCC1CN(CC1C[C@H]3CC[C@@H](C1)O3)C2. The molecular weight excluding hydrogens is 364 g/mol. The van der Waals surface area contributed by atoms with Crippen LogP contribution in [0.1, 0.15) is 60.9 Å². The third-order valence-corrected chi connectivity index (χ3v) is 8.12. The maximum absolute atomic E-state index is 11.8. The van der Waals surface area contributed by atoms with Crippen LogP contribution in [0.2, 0.25) is 0 Å². The molecular formula is C24H34N2O3. The van der Waals surface area contributed by atoms with Crippen LogP contribution < -0.4 is 5.73 Å². The number of ether oxygens (including phenoxy) is 2. The first-order chi connectivity index (χ1) is 14.1. The molecule has 5 heteroatoms. The molecule has 1 aliphatic carbocycles. The zero-order valence-corrected chi connectivity index (χ0v) is 17.5. The smallest absolute Gasteiger partial charge is 0.248 e. The summed E-state index contributed by atoms with van der Waals surface area (Å²) in [5.74, 6) is 1.32. The summed E-state index contributed by atoms with van der Waals surface area (Å²) < 4.78 is 12.4. The summed E-state index contributed by atoms with van der Waals surface area (Å²) in [4.78, 5) is 14.5. The molecule has 0 aromatic heterocycles. The Morgan fingerprint density at radius 1 is 1.17 bits per heavy atom. The van der Waals surface area contributed by atoms with Gasteiger partial charge in [0, 0.05) is 44.1 Å². The number of likely N-dealkylation sites (tertiary alicyclic amines) is 1. The lowest BCUT2D eigenvalue weighted by molar-refractivity contribution is -0.171. The molecule has 0 radical (unpaired) electrons. The topological polar surface area (TPSA) is 64.8 Å². The van der Waals surface area contributed by atoms with Gasteiger partial charge in [-0.25, -0.2) is 0 Å². The summed E-state index contributed by atoms with van der Waals surface area (Å²) in [6, 6.07) is 7.87. The molecule has 0 spiro atoms. The lowest BCUT2D eigenvalue weighted by Crippen LogP contribution is -2.59. The first-order valence-corrected chi connectivity index (χ1v) is 11.4. The number of carbonyl (C=O) groups excluding carboxylic acids is 1. The molecule has 5 rings (SSSR count). The number of rotatable bonds is 5. The molecule has 5 nitrogen and oxygen atoms in total. The van der Waals surface area contributed by atoms with Crippen LogP contribution in [0, 0.1) is 17.8 Å². The van der Waals surface area contributed by atoms with Gasteiger partial charge in [0.2, 0.25) is 5.91 Å². The Labute approximate surface area is 173 Å². The van der Waals surface area contributed by atoms with Crippen LogP contribution in [0.15, 0.2) is 24.3 Å². The number of piperidine rings is 1. The van der Waals surface area contributed by atoms with Crippen molar-refractivity contribution in [1.82, 2.24) is 4.90 Å². The number of methoxy groups -OCH3 is 1. The van der Waals surface area contributed by atoms with Crippen LogP contribution >= 0.6 is 0 Å². The van der Waals surface area contributed by atoms with E-state index in [-0.39, 0.29) is 11.5 Å². The van der Waals surface area contributed by atoms with Gasteiger partial charge < -0.3 is 20.1 Å². The van der Waals surface area contributed by atoms with E-state index < -0.39 is 0 Å². The first kappa shape index (κ1) is 19.5. The van der Waals surface area contributed by atoms with Crippen molar-refractivity contribution in [2.75, 3.05) is 26.7 Å². The number of amides is 1. The van der Waals surface area contributed by atoms with E-state index in [9.17, 15) is 4.79 Å². The van der Waals surface area contributed by atoms with Gasteiger partial charge in [-0.1, -0.05) is 18.6 Å². The molecule has 1 amide bonds. The Hall–Kier alpha value is -1.43. The molecule has 3 saturated heterocycles. The lowest BCUT2D eigenvalue weighted by Gasteiger charge is -2.56. The molecule has 4 fully saturated rings. The van der Waals surface area contributed by atoms with Gasteiger partial charge in [0.1, 0.15) is 5.60 Å². The fraction of sp³-hybridized carbons (Fsp3) is 0.708. The van der Waals surface area contributed by atoms with E-state index in [4.69, 9.17) is 15.2 Å². The van der Waals surface area contributed by atoms with Gasteiger partial charge in [-0.15, -0.1) is 0 Å². The van der Waals surface area contributed by atoms with Crippen LogP contribution in [0.25, 0.3) is 0 Å². The van der Waals surface area contributed by atoms with Crippen molar-refractivity contribution < 1.29 is 14.3 Å². The number of primary amides is 1. The second-order valence-corrected chi connectivity index (χ2v) is 9.78. The second-order valence-electron chi connectivity index (χ2n) is 9.78. The Balaban J connectivity index is 1.37. The average molecular weight is 399 g/mol. The molecule has 29 heavy (non-hydrogen) atoms. The lowest BCUT2D eigenvalue weighted by atomic mass is 9.62. The summed E-state index contributed by atoms with van der Waals surface area (Å²) in [6.45, 7) is 3.36. The molecule has 5 atom stereocenters. The van der Waals surface area contributed by atoms with Crippen molar-refractivity contribution in [3.05, 3.63) is 35.4 Å². The van der Waals surface area contributed by atoms with E-state index in [1.807, 2.05) is 19.2 Å². The van der Waals surface area contributed by atoms with Gasteiger partial charge in [-0.3, -0.25) is 4.79 Å². The zero-order valence-electron chi connectivity index (χ0n) is 17.5. The molecule has 4 bridgehead atoms. The monoisotopic (exact) mass is 398 g/mol. The number of nitrogens with two attached hydrogens (primary N) is 1. The fourth-order valence-electron chi connectivity index (χ4n) is 6.99. The van der Waals surface area contributed by atoms with E-state index in [0.29, 0.717) is 29.6 Å². The second kappa shape index (κ2) is 7.68. The highest BCUT2D eigenvalue weighted by Gasteiger charge is 2.53. The standard InChI is InChI=1S/C24H34N2O3/c1-28-24(18-5-2-4-17(12-18)23(25)27)19-6-3-7-20(24)15-26(14-19)13-16-10-21-8-9-22(11-16)29-21/h2,4-5,12,16,19-22H,3,6-11,13-15H2,1H3,(H2,25,27)/t16?,19?,20?,21-,22+,24?. The quantitative estimate of drug-likeness (QED) is 0.826. The predicted molar refractivity (Wildman–Crippen MR) is 112 cm³/mol. The van der Waals surface area contributed by atoms with Crippen molar-refractivity contribution in [2.45, 2.75) is 62.8 Å². The summed E-state index contributed by atoms with van der Waals surface area (Å²) in [5, 5.41) is 0. The number of benzene rings is 1. The molecule has 4 aliphatic rings. The third kappa shape index (κ3) is 3.41. The largest absolute Gasteiger partial charge is 0.375 e. The summed E-state index contributed by atoms with van der Waals surface area (Å²) >= 11 is 0. The van der Waals surface area contributed by atoms with Gasteiger partial charge in [0.25, 0.3) is 0 Å². The van der Waals surface area contributed by atoms with E-state index >= 15 is 0 Å². The minimum absolute atomic E-state index is 0.297. The highest BCUT2D eigenvalue weighted by atomic mass is 16.5. The predicted octanol–water partition coefficient (Wildman–Crippen LogP) is 3.32.